The van der Waals surface area contributed by atoms with Gasteiger partial charge in [-0.2, -0.15) is 0 Å². The first kappa shape index (κ1) is 9.47. The van der Waals surface area contributed by atoms with Gasteiger partial charge in [-0.05, 0) is 36.5 Å². The quantitative estimate of drug-likeness (QED) is 0.681. The molecule has 0 amide bonds. The number of aliphatic hydroxyl groups is 2. The summed E-state index contributed by atoms with van der Waals surface area (Å²) in [6.45, 7) is 0.560. The van der Waals surface area contributed by atoms with E-state index in [-0.39, 0.29) is 13.2 Å². The van der Waals surface area contributed by atoms with Crippen molar-refractivity contribution in [2.45, 2.75) is 32.1 Å². The van der Waals surface area contributed by atoms with Crippen LogP contribution in [0.4, 0.5) is 0 Å². The summed E-state index contributed by atoms with van der Waals surface area (Å²) in [7, 11) is 0. The lowest BCUT2D eigenvalue weighted by Crippen LogP contribution is -2.24. The summed E-state index contributed by atoms with van der Waals surface area (Å²) in [5.41, 5.74) is 0. The Morgan fingerprint density at radius 2 is 1.77 bits per heavy atom. The van der Waals surface area contributed by atoms with Crippen molar-refractivity contribution in [3.63, 3.8) is 0 Å². The molecule has 2 aliphatic carbocycles. The highest BCUT2D eigenvalue weighted by atomic mass is 16.3. The Labute approximate surface area is 80.0 Å². The predicted molar refractivity (Wildman–Crippen MR) is 51.2 cm³/mol. The smallest absolute Gasteiger partial charge is 0.0465 e. The van der Waals surface area contributed by atoms with Gasteiger partial charge in [0, 0.05) is 13.2 Å². The molecule has 2 fully saturated rings. The van der Waals surface area contributed by atoms with Gasteiger partial charge in [-0.3, -0.25) is 0 Å². The molecule has 4 atom stereocenters. The molecule has 2 nitrogen and oxygen atoms in total. The maximum atomic E-state index is 9.30. The zero-order chi connectivity index (χ0) is 9.26. The largest absolute Gasteiger partial charge is 0.396 e. The third kappa shape index (κ3) is 1.62. The standard InChI is InChI=1S/C11H20O2/c12-6-9-5-8-3-1-2-4-10(8)11(9)7-13/h8-13H,1-7H2. The lowest BCUT2D eigenvalue weighted by atomic mass is 9.78. The van der Waals surface area contributed by atoms with Crippen molar-refractivity contribution < 1.29 is 10.2 Å². The van der Waals surface area contributed by atoms with Gasteiger partial charge in [0.1, 0.15) is 0 Å². The topological polar surface area (TPSA) is 40.5 Å². The average molecular weight is 184 g/mol. The van der Waals surface area contributed by atoms with Crippen LogP contribution in [-0.2, 0) is 0 Å². The molecule has 0 heterocycles. The van der Waals surface area contributed by atoms with Gasteiger partial charge in [-0.15, -0.1) is 0 Å². The molecule has 0 saturated heterocycles. The molecule has 0 bridgehead atoms. The third-order valence-corrected chi connectivity index (χ3v) is 4.17. The first-order chi connectivity index (χ1) is 6.36. The fourth-order valence-corrected chi connectivity index (χ4v) is 3.50. The van der Waals surface area contributed by atoms with Gasteiger partial charge in [0.15, 0.2) is 0 Å². The Balaban J connectivity index is 2.05. The van der Waals surface area contributed by atoms with E-state index in [4.69, 9.17) is 0 Å². The summed E-state index contributed by atoms with van der Waals surface area (Å²) in [6, 6.07) is 0. The molecule has 2 rings (SSSR count). The minimum Gasteiger partial charge on any atom is -0.396 e. The highest BCUT2D eigenvalue weighted by Gasteiger charge is 2.42. The van der Waals surface area contributed by atoms with E-state index < -0.39 is 0 Å². The van der Waals surface area contributed by atoms with Crippen LogP contribution < -0.4 is 0 Å². The molecule has 0 aromatic carbocycles. The van der Waals surface area contributed by atoms with Gasteiger partial charge in [0.05, 0.1) is 0 Å². The zero-order valence-electron chi connectivity index (χ0n) is 8.15. The Bertz CT molecular complexity index is 165. The molecule has 13 heavy (non-hydrogen) atoms. The van der Waals surface area contributed by atoms with Crippen LogP contribution in [0.3, 0.4) is 0 Å². The van der Waals surface area contributed by atoms with E-state index in [0.717, 1.165) is 18.3 Å². The summed E-state index contributed by atoms with van der Waals surface area (Å²) in [5, 5.41) is 18.5. The van der Waals surface area contributed by atoms with Gasteiger partial charge in [-0.25, -0.2) is 0 Å². The Kier molecular flexibility index (Phi) is 2.89. The molecular weight excluding hydrogens is 164 g/mol. The normalized spacial score (nSPS) is 44.8. The van der Waals surface area contributed by atoms with Crippen LogP contribution in [0.2, 0.25) is 0 Å². The fraction of sp³-hybridized carbons (Fsp3) is 1.00. The van der Waals surface area contributed by atoms with E-state index in [9.17, 15) is 10.2 Å². The summed E-state index contributed by atoms with van der Waals surface area (Å²) in [4.78, 5) is 0. The van der Waals surface area contributed by atoms with Crippen molar-refractivity contribution in [3.8, 4) is 0 Å². The van der Waals surface area contributed by atoms with Gasteiger partial charge in [0.25, 0.3) is 0 Å². The minimum atomic E-state index is 0.276. The minimum absolute atomic E-state index is 0.276. The van der Waals surface area contributed by atoms with E-state index in [1.54, 1.807) is 0 Å². The van der Waals surface area contributed by atoms with Crippen molar-refractivity contribution >= 4 is 0 Å². The first-order valence-corrected chi connectivity index (χ1v) is 5.58. The van der Waals surface area contributed by atoms with Gasteiger partial charge in [-0.1, -0.05) is 19.3 Å². The molecule has 2 aliphatic rings. The Morgan fingerprint density at radius 1 is 1.00 bits per heavy atom. The number of fused-ring (bicyclic) bond motifs is 1. The van der Waals surface area contributed by atoms with Crippen LogP contribution >= 0.6 is 0 Å². The molecule has 0 aromatic rings. The highest BCUT2D eigenvalue weighted by Crippen LogP contribution is 2.48. The molecule has 76 valence electrons. The molecule has 0 radical (unpaired) electrons. The monoisotopic (exact) mass is 184 g/mol. The second kappa shape index (κ2) is 3.97. The molecule has 4 unspecified atom stereocenters. The number of aliphatic hydroxyl groups excluding tert-OH is 2. The Morgan fingerprint density at radius 3 is 2.46 bits per heavy atom. The summed E-state index contributed by atoms with van der Waals surface area (Å²) < 4.78 is 0. The molecule has 0 aliphatic heterocycles. The van der Waals surface area contributed by atoms with Crippen LogP contribution in [0.15, 0.2) is 0 Å². The molecular formula is C11H20O2. The van der Waals surface area contributed by atoms with Crippen LogP contribution in [0.25, 0.3) is 0 Å². The summed E-state index contributed by atoms with van der Waals surface area (Å²) in [6.07, 6.45) is 6.46. The van der Waals surface area contributed by atoms with E-state index in [1.807, 2.05) is 0 Å². The number of hydrogen-bond acceptors (Lipinski definition) is 2. The van der Waals surface area contributed by atoms with Crippen molar-refractivity contribution in [1.29, 1.82) is 0 Å². The SMILES string of the molecule is OCC1CC2CCCCC2C1CO. The zero-order valence-corrected chi connectivity index (χ0v) is 8.15. The lowest BCUT2D eigenvalue weighted by molar-refractivity contribution is 0.106. The van der Waals surface area contributed by atoms with Gasteiger partial charge in [0.2, 0.25) is 0 Å². The maximum Gasteiger partial charge on any atom is 0.0465 e. The molecule has 2 N–H and O–H groups in total. The van der Waals surface area contributed by atoms with Crippen LogP contribution in [-0.4, -0.2) is 23.4 Å². The van der Waals surface area contributed by atoms with E-state index in [0.29, 0.717) is 11.8 Å². The third-order valence-electron chi connectivity index (χ3n) is 4.17. The lowest BCUT2D eigenvalue weighted by Gasteiger charge is -2.28. The van der Waals surface area contributed by atoms with Crippen LogP contribution in [0, 0.1) is 23.7 Å². The van der Waals surface area contributed by atoms with E-state index in [1.165, 1.54) is 25.7 Å². The number of hydrogen-bond donors (Lipinski definition) is 2. The number of rotatable bonds is 2. The predicted octanol–water partition coefficient (Wildman–Crippen LogP) is 1.41. The summed E-state index contributed by atoms with van der Waals surface area (Å²) >= 11 is 0. The molecule has 2 heteroatoms. The van der Waals surface area contributed by atoms with Crippen LogP contribution in [0.5, 0.6) is 0 Å². The molecule has 2 saturated carbocycles. The highest BCUT2D eigenvalue weighted by molar-refractivity contribution is 4.92. The van der Waals surface area contributed by atoms with Gasteiger partial charge >= 0.3 is 0 Å². The van der Waals surface area contributed by atoms with Gasteiger partial charge < -0.3 is 10.2 Å². The fourth-order valence-electron chi connectivity index (χ4n) is 3.50. The second-order valence-corrected chi connectivity index (χ2v) is 4.73. The van der Waals surface area contributed by atoms with E-state index >= 15 is 0 Å². The Hall–Kier alpha value is -0.0800. The molecule has 0 spiro atoms. The van der Waals surface area contributed by atoms with Crippen molar-refractivity contribution in [1.82, 2.24) is 0 Å². The summed E-state index contributed by atoms with van der Waals surface area (Å²) in [5.74, 6) is 2.31. The molecule has 0 aromatic heterocycles. The average Bonchev–Trinajstić information content (AvgIpc) is 2.55. The van der Waals surface area contributed by atoms with E-state index in [2.05, 4.69) is 0 Å². The van der Waals surface area contributed by atoms with Crippen molar-refractivity contribution in [2.24, 2.45) is 23.7 Å². The second-order valence-electron chi connectivity index (χ2n) is 4.73. The van der Waals surface area contributed by atoms with Crippen molar-refractivity contribution in [3.05, 3.63) is 0 Å². The van der Waals surface area contributed by atoms with Crippen molar-refractivity contribution in [2.75, 3.05) is 13.2 Å². The van der Waals surface area contributed by atoms with Crippen LogP contribution in [0.1, 0.15) is 32.1 Å². The maximum absolute atomic E-state index is 9.30. The first-order valence-electron chi connectivity index (χ1n) is 5.58.